The number of nitrogens with one attached hydrogen (secondary N) is 1. The van der Waals surface area contributed by atoms with Crippen LogP contribution in [0.2, 0.25) is 0 Å². The quantitative estimate of drug-likeness (QED) is 0.306. The minimum atomic E-state index is -0.441. The summed E-state index contributed by atoms with van der Waals surface area (Å²) in [7, 11) is 0. The summed E-state index contributed by atoms with van der Waals surface area (Å²) in [6.07, 6.45) is 6.71. The lowest BCUT2D eigenvalue weighted by molar-refractivity contribution is -0.125. The largest absolute Gasteiger partial charge is 0.422 e. The highest BCUT2D eigenvalue weighted by Crippen LogP contribution is 2.24. The molecule has 3 rings (SSSR count). The molecule has 1 amide bonds. The van der Waals surface area contributed by atoms with E-state index in [9.17, 15) is 9.59 Å². The van der Waals surface area contributed by atoms with Crippen LogP contribution in [0.5, 0.6) is 5.75 Å². The maximum atomic E-state index is 12.4. The summed E-state index contributed by atoms with van der Waals surface area (Å²) >= 11 is 3.41. The van der Waals surface area contributed by atoms with Crippen molar-refractivity contribution in [2.45, 2.75) is 39.0 Å². The van der Waals surface area contributed by atoms with Crippen LogP contribution in [0.4, 0.5) is 0 Å². The number of hydrogen-bond donors (Lipinski definition) is 1. The summed E-state index contributed by atoms with van der Waals surface area (Å²) in [5.74, 6) is -0.0796. The van der Waals surface area contributed by atoms with Gasteiger partial charge >= 0.3 is 5.97 Å². The molecule has 28 heavy (non-hydrogen) atoms. The fraction of sp³-hybridized carbons (Fsp3) is 0.318. The molecule has 0 saturated heterocycles. The molecule has 1 saturated carbocycles. The van der Waals surface area contributed by atoms with Gasteiger partial charge in [-0.15, -0.1) is 0 Å². The van der Waals surface area contributed by atoms with E-state index in [0.29, 0.717) is 16.9 Å². The summed E-state index contributed by atoms with van der Waals surface area (Å²) in [5, 5.41) is 4.07. The van der Waals surface area contributed by atoms with E-state index in [2.05, 4.69) is 26.5 Å². The minimum Gasteiger partial charge on any atom is -0.422 e. The molecule has 0 radical (unpaired) electrons. The molecule has 5 nitrogen and oxygen atoms in total. The van der Waals surface area contributed by atoms with Gasteiger partial charge in [0.15, 0.2) is 0 Å². The van der Waals surface area contributed by atoms with Crippen molar-refractivity contribution >= 4 is 34.0 Å². The van der Waals surface area contributed by atoms with Gasteiger partial charge in [-0.2, -0.15) is 5.10 Å². The van der Waals surface area contributed by atoms with Crippen molar-refractivity contribution in [2.75, 3.05) is 0 Å². The van der Waals surface area contributed by atoms with Gasteiger partial charge in [0.05, 0.1) is 11.8 Å². The SMILES string of the molecule is Cc1ccc(C(=O)Oc2ccc(Br)cc2/C=N/NC(=O)C2CCCCC2)cc1. The summed E-state index contributed by atoms with van der Waals surface area (Å²) in [6.45, 7) is 1.96. The number of carbonyl (C=O) groups is 2. The highest BCUT2D eigenvalue weighted by molar-refractivity contribution is 9.10. The van der Waals surface area contributed by atoms with Crippen LogP contribution in [0.25, 0.3) is 0 Å². The molecule has 0 bridgehead atoms. The van der Waals surface area contributed by atoms with Crippen LogP contribution in [-0.2, 0) is 4.79 Å². The van der Waals surface area contributed by atoms with E-state index in [4.69, 9.17) is 4.74 Å². The summed E-state index contributed by atoms with van der Waals surface area (Å²) < 4.78 is 6.36. The first kappa shape index (κ1) is 20.3. The molecule has 0 spiro atoms. The van der Waals surface area contributed by atoms with Gasteiger partial charge in [0.2, 0.25) is 5.91 Å². The number of esters is 1. The van der Waals surface area contributed by atoms with Crippen molar-refractivity contribution in [3.63, 3.8) is 0 Å². The topological polar surface area (TPSA) is 67.8 Å². The molecule has 0 aromatic heterocycles. The number of halogens is 1. The van der Waals surface area contributed by atoms with Crippen LogP contribution in [0.15, 0.2) is 52.0 Å². The van der Waals surface area contributed by atoms with E-state index >= 15 is 0 Å². The lowest BCUT2D eigenvalue weighted by Gasteiger charge is -2.19. The van der Waals surface area contributed by atoms with Crippen LogP contribution in [-0.4, -0.2) is 18.1 Å². The first-order chi connectivity index (χ1) is 13.5. The number of benzene rings is 2. The Labute approximate surface area is 173 Å². The molecule has 1 N–H and O–H groups in total. The Morgan fingerprint density at radius 3 is 2.54 bits per heavy atom. The maximum Gasteiger partial charge on any atom is 0.343 e. The number of ether oxygens (including phenoxy) is 1. The second-order valence-electron chi connectivity index (χ2n) is 7.01. The van der Waals surface area contributed by atoms with Crippen molar-refractivity contribution in [3.8, 4) is 5.75 Å². The molecule has 0 aliphatic heterocycles. The molecule has 1 aliphatic rings. The molecule has 6 heteroatoms. The van der Waals surface area contributed by atoms with E-state index in [1.165, 1.54) is 12.6 Å². The number of nitrogens with zero attached hydrogens (tertiary/aromatic N) is 1. The van der Waals surface area contributed by atoms with Crippen molar-refractivity contribution in [2.24, 2.45) is 11.0 Å². The minimum absolute atomic E-state index is 0.0345. The van der Waals surface area contributed by atoms with Crippen LogP contribution in [0.1, 0.15) is 53.6 Å². The Kier molecular flexibility index (Phi) is 6.98. The van der Waals surface area contributed by atoms with E-state index in [1.54, 1.807) is 30.3 Å². The second-order valence-corrected chi connectivity index (χ2v) is 7.92. The normalized spacial score (nSPS) is 14.8. The Morgan fingerprint density at radius 2 is 1.82 bits per heavy atom. The Morgan fingerprint density at radius 1 is 1.11 bits per heavy atom. The predicted octanol–water partition coefficient (Wildman–Crippen LogP) is 5.01. The van der Waals surface area contributed by atoms with E-state index in [1.807, 2.05) is 19.1 Å². The summed E-state index contributed by atoms with van der Waals surface area (Å²) in [5.41, 5.74) is 4.75. The van der Waals surface area contributed by atoms with Crippen molar-refractivity contribution < 1.29 is 14.3 Å². The number of amides is 1. The number of aryl methyl sites for hydroxylation is 1. The second kappa shape index (κ2) is 9.64. The molecule has 1 aliphatic carbocycles. The van der Waals surface area contributed by atoms with Gasteiger partial charge in [0.1, 0.15) is 5.75 Å². The molecule has 2 aromatic carbocycles. The van der Waals surface area contributed by atoms with Crippen molar-refractivity contribution in [3.05, 3.63) is 63.6 Å². The van der Waals surface area contributed by atoms with Crippen molar-refractivity contribution in [1.29, 1.82) is 0 Å². The molecular weight excluding hydrogens is 420 g/mol. The fourth-order valence-electron chi connectivity index (χ4n) is 3.18. The highest BCUT2D eigenvalue weighted by atomic mass is 79.9. The van der Waals surface area contributed by atoms with Gasteiger partial charge in [-0.05, 0) is 50.1 Å². The number of hydrogen-bond acceptors (Lipinski definition) is 4. The average molecular weight is 443 g/mol. The predicted molar refractivity (Wildman–Crippen MR) is 113 cm³/mol. The lowest BCUT2D eigenvalue weighted by atomic mass is 9.89. The standard InChI is InChI=1S/C22H23BrN2O3/c1-15-7-9-17(10-8-15)22(27)28-20-12-11-19(23)13-18(20)14-24-25-21(26)16-5-3-2-4-6-16/h7-14,16H,2-6H2,1H3,(H,25,26)/b24-14+. The molecule has 1 fully saturated rings. The van der Waals surface area contributed by atoms with Crippen LogP contribution in [0, 0.1) is 12.8 Å². The van der Waals surface area contributed by atoms with Gasteiger partial charge < -0.3 is 4.74 Å². The third-order valence-electron chi connectivity index (χ3n) is 4.82. The smallest absolute Gasteiger partial charge is 0.343 e. The number of carbonyl (C=O) groups excluding carboxylic acids is 2. The first-order valence-electron chi connectivity index (χ1n) is 9.44. The van der Waals surface area contributed by atoms with E-state index in [0.717, 1.165) is 35.7 Å². The monoisotopic (exact) mass is 442 g/mol. The zero-order chi connectivity index (χ0) is 19.9. The van der Waals surface area contributed by atoms with E-state index < -0.39 is 5.97 Å². The Hall–Kier alpha value is -2.47. The molecule has 2 aromatic rings. The van der Waals surface area contributed by atoms with Gasteiger partial charge in [-0.3, -0.25) is 4.79 Å². The fourth-order valence-corrected chi connectivity index (χ4v) is 3.56. The van der Waals surface area contributed by atoms with Crippen LogP contribution >= 0.6 is 15.9 Å². The zero-order valence-electron chi connectivity index (χ0n) is 15.8. The lowest BCUT2D eigenvalue weighted by Crippen LogP contribution is -2.28. The number of rotatable bonds is 5. The van der Waals surface area contributed by atoms with Gasteiger partial charge in [-0.1, -0.05) is 52.9 Å². The van der Waals surface area contributed by atoms with Crippen LogP contribution < -0.4 is 10.2 Å². The molecule has 0 unspecified atom stereocenters. The summed E-state index contributed by atoms with van der Waals surface area (Å²) in [4.78, 5) is 24.6. The third-order valence-corrected chi connectivity index (χ3v) is 5.31. The van der Waals surface area contributed by atoms with Gasteiger partial charge in [0.25, 0.3) is 0 Å². The van der Waals surface area contributed by atoms with Gasteiger partial charge in [0, 0.05) is 16.0 Å². The molecule has 146 valence electrons. The highest BCUT2D eigenvalue weighted by Gasteiger charge is 2.20. The first-order valence-corrected chi connectivity index (χ1v) is 10.2. The molecule has 0 atom stereocenters. The molecular formula is C22H23BrN2O3. The third kappa shape index (κ3) is 5.52. The Bertz CT molecular complexity index is 872. The maximum absolute atomic E-state index is 12.4. The van der Waals surface area contributed by atoms with Crippen LogP contribution in [0.3, 0.4) is 0 Å². The average Bonchev–Trinajstić information content (AvgIpc) is 2.71. The Balaban J connectivity index is 1.68. The zero-order valence-corrected chi connectivity index (χ0v) is 17.4. The summed E-state index contributed by atoms with van der Waals surface area (Å²) in [6, 6.07) is 12.5. The van der Waals surface area contributed by atoms with E-state index in [-0.39, 0.29) is 11.8 Å². The van der Waals surface area contributed by atoms with Crippen molar-refractivity contribution in [1.82, 2.24) is 5.43 Å². The molecule has 0 heterocycles. The van der Waals surface area contributed by atoms with Gasteiger partial charge in [-0.25, -0.2) is 10.2 Å². The number of hydrazone groups is 1.